The summed E-state index contributed by atoms with van der Waals surface area (Å²) in [6.45, 7) is 0.305. The SMILES string of the molecule is O=C(Nc1ccc(Cl)cn1)C1CCN(C(=O)C2CC(F)(F)CN2)CC1. The summed E-state index contributed by atoms with van der Waals surface area (Å²) >= 11 is 5.75. The van der Waals surface area contributed by atoms with Crippen LogP contribution in [-0.2, 0) is 9.59 Å². The van der Waals surface area contributed by atoms with Gasteiger partial charge in [-0.25, -0.2) is 13.8 Å². The monoisotopic (exact) mass is 372 g/mol. The van der Waals surface area contributed by atoms with Gasteiger partial charge in [-0.05, 0) is 25.0 Å². The molecule has 6 nitrogen and oxygen atoms in total. The van der Waals surface area contributed by atoms with Crippen LogP contribution in [0.4, 0.5) is 14.6 Å². The molecule has 3 rings (SSSR count). The van der Waals surface area contributed by atoms with E-state index in [1.807, 2.05) is 0 Å². The summed E-state index contributed by atoms with van der Waals surface area (Å²) in [6.07, 6.45) is 1.97. The Balaban J connectivity index is 1.49. The predicted molar refractivity (Wildman–Crippen MR) is 88.5 cm³/mol. The Morgan fingerprint density at radius 2 is 2.04 bits per heavy atom. The second-order valence-corrected chi connectivity index (χ2v) is 6.88. The highest BCUT2D eigenvalue weighted by atomic mass is 35.5. The summed E-state index contributed by atoms with van der Waals surface area (Å²) in [4.78, 5) is 30.1. The first kappa shape index (κ1) is 18.0. The van der Waals surface area contributed by atoms with Crippen molar-refractivity contribution in [3.05, 3.63) is 23.4 Å². The van der Waals surface area contributed by atoms with Crippen molar-refractivity contribution in [2.24, 2.45) is 5.92 Å². The Kier molecular flexibility index (Phi) is 5.19. The summed E-state index contributed by atoms with van der Waals surface area (Å²) < 4.78 is 26.4. The number of rotatable bonds is 3. The van der Waals surface area contributed by atoms with Crippen molar-refractivity contribution in [3.63, 3.8) is 0 Å². The van der Waals surface area contributed by atoms with Gasteiger partial charge in [-0.2, -0.15) is 0 Å². The fourth-order valence-corrected chi connectivity index (χ4v) is 3.26. The van der Waals surface area contributed by atoms with Gasteiger partial charge in [0, 0.05) is 31.6 Å². The lowest BCUT2D eigenvalue weighted by Crippen LogP contribution is -2.48. The van der Waals surface area contributed by atoms with Crippen molar-refractivity contribution in [1.82, 2.24) is 15.2 Å². The van der Waals surface area contributed by atoms with Crippen molar-refractivity contribution in [2.45, 2.75) is 31.2 Å². The molecular formula is C16H19ClF2N4O2. The van der Waals surface area contributed by atoms with Crippen molar-refractivity contribution < 1.29 is 18.4 Å². The third kappa shape index (κ3) is 4.43. The van der Waals surface area contributed by atoms with Gasteiger partial charge in [0.25, 0.3) is 5.92 Å². The largest absolute Gasteiger partial charge is 0.341 e. The van der Waals surface area contributed by atoms with Crippen LogP contribution in [0.5, 0.6) is 0 Å². The summed E-state index contributed by atoms with van der Waals surface area (Å²) in [5, 5.41) is 5.78. The first-order chi connectivity index (χ1) is 11.8. The number of carbonyl (C=O) groups is 2. The summed E-state index contributed by atoms with van der Waals surface area (Å²) in [6, 6.07) is 2.42. The van der Waals surface area contributed by atoms with E-state index in [1.54, 1.807) is 17.0 Å². The lowest BCUT2D eigenvalue weighted by molar-refractivity contribution is -0.136. The number of alkyl halides is 2. The number of anilines is 1. The molecule has 0 aromatic carbocycles. The first-order valence-corrected chi connectivity index (χ1v) is 8.54. The third-order valence-electron chi connectivity index (χ3n) is 4.56. The molecule has 2 fully saturated rings. The van der Waals surface area contributed by atoms with Gasteiger partial charge in [-0.15, -0.1) is 0 Å². The van der Waals surface area contributed by atoms with Crippen LogP contribution in [0.25, 0.3) is 0 Å². The maximum absolute atomic E-state index is 13.2. The Morgan fingerprint density at radius 1 is 1.32 bits per heavy atom. The molecule has 2 N–H and O–H groups in total. The van der Waals surface area contributed by atoms with Crippen molar-refractivity contribution in [2.75, 3.05) is 25.0 Å². The van der Waals surface area contributed by atoms with Crippen LogP contribution in [0.2, 0.25) is 5.02 Å². The average Bonchev–Trinajstić information content (AvgIpc) is 2.96. The zero-order valence-corrected chi connectivity index (χ0v) is 14.2. The minimum atomic E-state index is -2.83. The maximum Gasteiger partial charge on any atom is 0.262 e. The molecule has 1 unspecified atom stereocenters. The Morgan fingerprint density at radius 3 is 2.60 bits per heavy atom. The van der Waals surface area contributed by atoms with Crippen molar-refractivity contribution in [3.8, 4) is 0 Å². The van der Waals surface area contributed by atoms with E-state index in [4.69, 9.17) is 11.6 Å². The van der Waals surface area contributed by atoms with Gasteiger partial charge in [0.2, 0.25) is 11.8 Å². The zero-order chi connectivity index (χ0) is 18.0. The standard InChI is InChI=1S/C16H19ClF2N4O2/c17-11-1-2-13(20-8-11)22-14(24)10-3-5-23(6-4-10)15(25)12-7-16(18,19)9-21-12/h1-2,8,10,12,21H,3-7,9H2,(H,20,22,24). The van der Waals surface area contributed by atoms with Gasteiger partial charge in [-0.3, -0.25) is 14.9 Å². The number of amides is 2. The van der Waals surface area contributed by atoms with E-state index in [9.17, 15) is 18.4 Å². The number of carbonyl (C=O) groups excluding carboxylic acids is 2. The molecule has 0 spiro atoms. The van der Waals surface area contributed by atoms with E-state index in [0.717, 1.165) is 0 Å². The van der Waals surface area contributed by atoms with Gasteiger partial charge >= 0.3 is 0 Å². The van der Waals surface area contributed by atoms with Crippen molar-refractivity contribution >= 4 is 29.2 Å². The third-order valence-corrected chi connectivity index (χ3v) is 4.79. The number of hydrogen-bond donors (Lipinski definition) is 2. The zero-order valence-electron chi connectivity index (χ0n) is 13.5. The molecule has 2 amide bonds. The van der Waals surface area contributed by atoms with Crippen molar-refractivity contribution in [1.29, 1.82) is 0 Å². The molecule has 136 valence electrons. The van der Waals surface area contributed by atoms with Crippen LogP contribution in [0, 0.1) is 5.92 Å². The molecule has 0 radical (unpaired) electrons. The van der Waals surface area contributed by atoms with Crippen LogP contribution >= 0.6 is 11.6 Å². The fourth-order valence-electron chi connectivity index (χ4n) is 3.15. The van der Waals surface area contributed by atoms with Gasteiger partial charge in [0.1, 0.15) is 5.82 Å². The molecule has 9 heteroatoms. The number of nitrogens with zero attached hydrogens (tertiary/aromatic N) is 2. The van der Waals surface area contributed by atoms with E-state index < -0.39 is 24.9 Å². The molecule has 0 saturated carbocycles. The van der Waals surface area contributed by atoms with Gasteiger partial charge in [-0.1, -0.05) is 11.6 Å². The first-order valence-electron chi connectivity index (χ1n) is 8.16. The lowest BCUT2D eigenvalue weighted by atomic mass is 9.95. The highest BCUT2D eigenvalue weighted by Gasteiger charge is 2.44. The van der Waals surface area contributed by atoms with Crippen LogP contribution in [0.15, 0.2) is 18.3 Å². The highest BCUT2D eigenvalue weighted by Crippen LogP contribution is 2.27. The smallest absolute Gasteiger partial charge is 0.262 e. The van der Waals surface area contributed by atoms with E-state index >= 15 is 0 Å². The summed E-state index contributed by atoms with van der Waals surface area (Å²) in [5.74, 6) is -3.11. The topological polar surface area (TPSA) is 74.3 Å². The molecule has 1 atom stereocenters. The molecule has 1 aromatic rings. The van der Waals surface area contributed by atoms with Gasteiger partial charge in [0.15, 0.2) is 0 Å². The van der Waals surface area contributed by atoms with Gasteiger partial charge < -0.3 is 10.2 Å². The number of hydrogen-bond acceptors (Lipinski definition) is 4. The van der Waals surface area contributed by atoms with Gasteiger partial charge in [0.05, 0.1) is 17.6 Å². The van der Waals surface area contributed by atoms with E-state index in [0.29, 0.717) is 36.8 Å². The fraction of sp³-hybridized carbons (Fsp3) is 0.562. The van der Waals surface area contributed by atoms with E-state index in [1.165, 1.54) is 6.20 Å². The van der Waals surface area contributed by atoms with Crippen LogP contribution in [-0.4, -0.2) is 53.3 Å². The highest BCUT2D eigenvalue weighted by molar-refractivity contribution is 6.30. The Hall–Kier alpha value is -1.80. The number of pyridine rings is 1. The minimum absolute atomic E-state index is 0.160. The molecule has 2 aliphatic rings. The van der Waals surface area contributed by atoms with Crippen LogP contribution in [0.1, 0.15) is 19.3 Å². The molecule has 25 heavy (non-hydrogen) atoms. The summed E-state index contributed by atoms with van der Waals surface area (Å²) in [7, 11) is 0. The second kappa shape index (κ2) is 7.21. The van der Waals surface area contributed by atoms with E-state index in [-0.39, 0.29) is 17.7 Å². The second-order valence-electron chi connectivity index (χ2n) is 6.44. The van der Waals surface area contributed by atoms with E-state index in [2.05, 4.69) is 15.6 Å². The average molecular weight is 373 g/mol. The van der Waals surface area contributed by atoms with Crippen LogP contribution < -0.4 is 10.6 Å². The number of aromatic nitrogens is 1. The molecule has 1 aromatic heterocycles. The molecule has 2 aliphatic heterocycles. The lowest BCUT2D eigenvalue weighted by Gasteiger charge is -2.32. The quantitative estimate of drug-likeness (QED) is 0.850. The predicted octanol–water partition coefficient (Wildman–Crippen LogP) is 1.91. The molecule has 2 saturated heterocycles. The number of nitrogens with one attached hydrogen (secondary N) is 2. The van der Waals surface area contributed by atoms with Crippen LogP contribution in [0.3, 0.4) is 0 Å². The molecule has 3 heterocycles. The summed E-state index contributed by atoms with van der Waals surface area (Å²) in [5.41, 5.74) is 0. The molecule has 0 bridgehead atoms. The number of piperidine rings is 1. The molecular weight excluding hydrogens is 354 g/mol. The Labute approximate surface area is 148 Å². The molecule has 0 aliphatic carbocycles. The minimum Gasteiger partial charge on any atom is -0.341 e. The number of halogens is 3. The number of likely N-dealkylation sites (tertiary alicyclic amines) is 1. The maximum atomic E-state index is 13.2. The normalized spacial score (nSPS) is 23.5. The Bertz CT molecular complexity index is 648.